The zero-order chi connectivity index (χ0) is 28.2. The molecule has 1 N–H and O–H groups in total. The fourth-order valence-electron chi connectivity index (χ4n) is 5.01. The summed E-state index contributed by atoms with van der Waals surface area (Å²) in [4.78, 5) is 28.5. The van der Waals surface area contributed by atoms with E-state index in [0.29, 0.717) is 29.2 Å². The number of methoxy groups -OCH3 is 1. The Hall–Kier alpha value is -4.84. The molecular weight excluding hydrogens is 502 g/mol. The molecule has 1 amide bonds. The number of hydrogen-bond donors (Lipinski definition) is 1. The molecule has 6 nitrogen and oxygen atoms in total. The van der Waals surface area contributed by atoms with Gasteiger partial charge in [0.15, 0.2) is 11.5 Å². The summed E-state index contributed by atoms with van der Waals surface area (Å²) in [6, 6.07) is 29.5. The molecule has 0 aromatic heterocycles. The average molecular weight is 534 g/mol. The van der Waals surface area contributed by atoms with E-state index in [-0.39, 0.29) is 17.9 Å². The maximum Gasteiger partial charge on any atom is 0.295 e. The van der Waals surface area contributed by atoms with Crippen molar-refractivity contribution in [1.29, 1.82) is 0 Å². The van der Waals surface area contributed by atoms with Crippen LogP contribution >= 0.6 is 0 Å². The summed E-state index contributed by atoms with van der Waals surface area (Å²) in [7, 11) is 1.55. The number of amides is 1. The van der Waals surface area contributed by atoms with Gasteiger partial charge in [-0.3, -0.25) is 9.59 Å². The first kappa shape index (κ1) is 26.8. The van der Waals surface area contributed by atoms with Gasteiger partial charge in [-0.25, -0.2) is 0 Å². The van der Waals surface area contributed by atoms with Gasteiger partial charge in [-0.2, -0.15) is 0 Å². The quantitative estimate of drug-likeness (QED) is 0.159. The topological polar surface area (TPSA) is 76.1 Å². The van der Waals surface area contributed by atoms with E-state index >= 15 is 0 Å². The van der Waals surface area contributed by atoms with Crippen LogP contribution in [0.3, 0.4) is 0 Å². The van der Waals surface area contributed by atoms with Crippen molar-refractivity contribution < 1.29 is 24.2 Å². The van der Waals surface area contributed by atoms with Gasteiger partial charge in [0.05, 0.1) is 18.7 Å². The highest BCUT2D eigenvalue weighted by atomic mass is 16.5. The van der Waals surface area contributed by atoms with E-state index in [1.807, 2.05) is 98.8 Å². The number of aliphatic hydroxyl groups is 1. The highest BCUT2D eigenvalue weighted by Crippen LogP contribution is 2.43. The fraction of sp³-hybridized carbons (Fsp3) is 0.176. The normalized spacial score (nSPS) is 16.3. The molecule has 1 heterocycles. The molecule has 1 aliphatic rings. The molecule has 1 atom stereocenters. The van der Waals surface area contributed by atoms with Crippen molar-refractivity contribution in [3.05, 3.63) is 136 Å². The summed E-state index contributed by atoms with van der Waals surface area (Å²) in [5.74, 6) is -0.578. The minimum Gasteiger partial charge on any atom is -0.507 e. The van der Waals surface area contributed by atoms with Gasteiger partial charge in [0, 0.05) is 12.1 Å². The van der Waals surface area contributed by atoms with Crippen molar-refractivity contribution in [3.8, 4) is 11.5 Å². The number of hydrogen-bond acceptors (Lipinski definition) is 5. The zero-order valence-electron chi connectivity index (χ0n) is 22.8. The molecule has 1 saturated heterocycles. The molecule has 4 aromatic rings. The van der Waals surface area contributed by atoms with Gasteiger partial charge in [-0.05, 0) is 54.3 Å². The van der Waals surface area contributed by atoms with E-state index in [1.165, 1.54) is 4.90 Å². The number of rotatable bonds is 8. The number of nitrogens with zero attached hydrogens (tertiary/aromatic N) is 1. The molecule has 4 aromatic carbocycles. The lowest BCUT2D eigenvalue weighted by Gasteiger charge is -2.26. The van der Waals surface area contributed by atoms with Crippen molar-refractivity contribution in [2.24, 2.45) is 0 Å². The largest absolute Gasteiger partial charge is 0.507 e. The molecule has 0 radical (unpaired) electrons. The van der Waals surface area contributed by atoms with E-state index in [2.05, 4.69) is 0 Å². The Bertz CT molecular complexity index is 1580. The minimum atomic E-state index is -0.822. The van der Waals surface area contributed by atoms with Crippen LogP contribution in [0.1, 0.15) is 39.4 Å². The van der Waals surface area contributed by atoms with Crippen LogP contribution in [0.25, 0.3) is 5.76 Å². The Morgan fingerprint density at radius 1 is 0.825 bits per heavy atom. The number of ketones is 1. The van der Waals surface area contributed by atoms with Gasteiger partial charge in [0.25, 0.3) is 11.7 Å². The molecular formula is C34H31NO5. The summed E-state index contributed by atoms with van der Waals surface area (Å²) in [6.07, 6.45) is 0. The van der Waals surface area contributed by atoms with Crippen molar-refractivity contribution >= 4 is 17.4 Å². The Morgan fingerprint density at radius 2 is 1.50 bits per heavy atom. The first-order chi connectivity index (χ1) is 19.4. The third-order valence-electron chi connectivity index (χ3n) is 7.12. The number of aliphatic hydroxyl groups excluding tert-OH is 1. The molecule has 1 unspecified atom stereocenters. The predicted molar refractivity (Wildman–Crippen MR) is 154 cm³/mol. The third kappa shape index (κ3) is 5.34. The number of likely N-dealkylation sites (tertiary alicyclic amines) is 1. The van der Waals surface area contributed by atoms with Crippen LogP contribution in [0.2, 0.25) is 0 Å². The Morgan fingerprint density at radius 3 is 2.17 bits per heavy atom. The molecule has 0 spiro atoms. The molecule has 0 aliphatic carbocycles. The zero-order valence-corrected chi connectivity index (χ0v) is 22.8. The van der Waals surface area contributed by atoms with E-state index in [9.17, 15) is 14.7 Å². The number of benzene rings is 4. The highest BCUT2D eigenvalue weighted by molar-refractivity contribution is 6.46. The molecule has 6 heteroatoms. The van der Waals surface area contributed by atoms with E-state index in [0.717, 1.165) is 22.3 Å². The van der Waals surface area contributed by atoms with E-state index < -0.39 is 17.7 Å². The lowest BCUT2D eigenvalue weighted by Crippen LogP contribution is -2.29. The number of aryl methyl sites for hydroxylation is 2. The Labute approximate surface area is 234 Å². The Kier molecular flexibility index (Phi) is 7.69. The van der Waals surface area contributed by atoms with Crippen LogP contribution in [0, 0.1) is 13.8 Å². The number of carbonyl (C=O) groups is 2. The second kappa shape index (κ2) is 11.5. The molecule has 1 fully saturated rings. The van der Waals surface area contributed by atoms with Gasteiger partial charge in [0.1, 0.15) is 12.4 Å². The van der Waals surface area contributed by atoms with Crippen molar-refractivity contribution in [1.82, 2.24) is 4.90 Å². The van der Waals surface area contributed by atoms with Gasteiger partial charge in [0.2, 0.25) is 0 Å². The second-order valence-electron chi connectivity index (χ2n) is 9.92. The molecule has 202 valence electrons. The van der Waals surface area contributed by atoms with Crippen LogP contribution in [0.4, 0.5) is 0 Å². The maximum absolute atomic E-state index is 13.5. The monoisotopic (exact) mass is 533 g/mol. The Balaban J connectivity index is 1.60. The number of ether oxygens (including phenoxy) is 2. The van der Waals surface area contributed by atoms with E-state index in [1.54, 1.807) is 19.2 Å². The lowest BCUT2D eigenvalue weighted by molar-refractivity contribution is -0.140. The molecule has 5 rings (SSSR count). The molecule has 1 aliphatic heterocycles. The summed E-state index contributed by atoms with van der Waals surface area (Å²) < 4.78 is 11.7. The first-order valence-electron chi connectivity index (χ1n) is 13.1. The molecule has 0 bridgehead atoms. The summed E-state index contributed by atoms with van der Waals surface area (Å²) in [5, 5.41) is 11.5. The second-order valence-corrected chi connectivity index (χ2v) is 9.92. The highest BCUT2D eigenvalue weighted by Gasteiger charge is 2.46. The van der Waals surface area contributed by atoms with Gasteiger partial charge < -0.3 is 19.5 Å². The first-order valence-corrected chi connectivity index (χ1v) is 13.1. The van der Waals surface area contributed by atoms with Crippen LogP contribution in [-0.4, -0.2) is 28.8 Å². The summed E-state index contributed by atoms with van der Waals surface area (Å²) in [6.45, 7) is 4.34. The lowest BCUT2D eigenvalue weighted by atomic mass is 9.93. The standard InChI is InChI=1S/C34H31NO5/c1-22-14-15-23(2)27(18-22)32(36)30-31(35(34(38)33(30)37)20-24-10-6-4-7-11-24)26-16-17-28(29(19-26)39-3)40-21-25-12-8-5-9-13-25/h4-19,31,36H,20-21H2,1-3H3. The average Bonchev–Trinajstić information content (AvgIpc) is 3.23. The number of carbonyl (C=O) groups excluding carboxylic acids is 2. The third-order valence-corrected chi connectivity index (χ3v) is 7.12. The predicted octanol–water partition coefficient (Wildman–Crippen LogP) is 6.51. The SMILES string of the molecule is COc1cc(C2C(=C(O)c3cc(C)ccc3C)C(=O)C(=O)N2Cc2ccccc2)ccc1OCc1ccccc1. The fourth-order valence-corrected chi connectivity index (χ4v) is 5.01. The van der Waals surface area contributed by atoms with Crippen LogP contribution in [0.5, 0.6) is 11.5 Å². The van der Waals surface area contributed by atoms with Crippen molar-refractivity contribution in [3.63, 3.8) is 0 Å². The van der Waals surface area contributed by atoms with Gasteiger partial charge in [-0.1, -0.05) is 84.4 Å². The van der Waals surface area contributed by atoms with Crippen LogP contribution in [0.15, 0.2) is 103 Å². The van der Waals surface area contributed by atoms with E-state index in [4.69, 9.17) is 9.47 Å². The van der Waals surface area contributed by atoms with Crippen molar-refractivity contribution in [2.45, 2.75) is 33.0 Å². The molecule has 40 heavy (non-hydrogen) atoms. The minimum absolute atomic E-state index is 0.0506. The molecule has 0 saturated carbocycles. The van der Waals surface area contributed by atoms with Crippen LogP contribution in [-0.2, 0) is 22.7 Å². The number of Topliss-reactive ketones (excluding diaryl/α,β-unsaturated/α-hetero) is 1. The van der Waals surface area contributed by atoms with Gasteiger partial charge in [-0.15, -0.1) is 0 Å². The van der Waals surface area contributed by atoms with Crippen LogP contribution < -0.4 is 9.47 Å². The van der Waals surface area contributed by atoms with Gasteiger partial charge >= 0.3 is 0 Å². The summed E-state index contributed by atoms with van der Waals surface area (Å²) >= 11 is 0. The smallest absolute Gasteiger partial charge is 0.295 e. The van der Waals surface area contributed by atoms with Crippen molar-refractivity contribution in [2.75, 3.05) is 7.11 Å². The summed E-state index contributed by atoms with van der Waals surface area (Å²) in [5.41, 5.74) is 4.83. The maximum atomic E-state index is 13.5.